The summed E-state index contributed by atoms with van der Waals surface area (Å²) >= 11 is 0. The molecule has 0 radical (unpaired) electrons. The topological polar surface area (TPSA) is 95.2 Å². The van der Waals surface area contributed by atoms with Crippen molar-refractivity contribution in [2.45, 2.75) is 20.3 Å². The molecular formula is C15H18N2O4. The summed E-state index contributed by atoms with van der Waals surface area (Å²) in [4.78, 5) is 26.9. The van der Waals surface area contributed by atoms with Crippen LogP contribution >= 0.6 is 0 Å². The Balaban J connectivity index is 2.14. The van der Waals surface area contributed by atoms with Crippen molar-refractivity contribution < 1.29 is 9.84 Å². The van der Waals surface area contributed by atoms with Gasteiger partial charge in [-0.05, 0) is 23.6 Å². The van der Waals surface area contributed by atoms with E-state index in [1.807, 2.05) is 24.3 Å². The van der Waals surface area contributed by atoms with Crippen LogP contribution in [0.2, 0.25) is 0 Å². The minimum Gasteiger partial charge on any atom is -0.494 e. The molecule has 0 aliphatic carbocycles. The van der Waals surface area contributed by atoms with E-state index in [0.29, 0.717) is 12.5 Å². The van der Waals surface area contributed by atoms with E-state index in [2.05, 4.69) is 23.8 Å². The minimum atomic E-state index is -0.723. The van der Waals surface area contributed by atoms with Crippen molar-refractivity contribution in [1.82, 2.24) is 9.97 Å². The Labute approximate surface area is 121 Å². The van der Waals surface area contributed by atoms with E-state index in [1.54, 1.807) is 0 Å². The molecule has 1 aromatic heterocycles. The van der Waals surface area contributed by atoms with Crippen LogP contribution in [-0.4, -0.2) is 21.7 Å². The molecule has 1 heterocycles. The van der Waals surface area contributed by atoms with Crippen LogP contribution < -0.4 is 16.0 Å². The van der Waals surface area contributed by atoms with Gasteiger partial charge >= 0.3 is 5.69 Å². The fourth-order valence-corrected chi connectivity index (χ4v) is 1.83. The van der Waals surface area contributed by atoms with Crippen molar-refractivity contribution in [3.05, 3.63) is 56.2 Å². The summed E-state index contributed by atoms with van der Waals surface area (Å²) < 4.78 is 5.57. The number of ether oxygens (including phenoxy) is 1. The van der Waals surface area contributed by atoms with Crippen LogP contribution in [0.1, 0.15) is 25.0 Å². The lowest BCUT2D eigenvalue weighted by molar-refractivity contribution is 0.271. The Kier molecular flexibility index (Phi) is 4.47. The highest BCUT2D eigenvalue weighted by Crippen LogP contribution is 2.17. The Morgan fingerprint density at radius 3 is 2.38 bits per heavy atom. The average molecular weight is 290 g/mol. The van der Waals surface area contributed by atoms with Gasteiger partial charge in [-0.1, -0.05) is 26.0 Å². The zero-order valence-electron chi connectivity index (χ0n) is 12.0. The van der Waals surface area contributed by atoms with Crippen molar-refractivity contribution in [2.24, 2.45) is 5.92 Å². The first-order chi connectivity index (χ1) is 9.95. The summed E-state index contributed by atoms with van der Waals surface area (Å²) in [6, 6.07) is 7.27. The molecule has 0 aliphatic rings. The molecule has 3 N–H and O–H groups in total. The van der Waals surface area contributed by atoms with Gasteiger partial charge in [-0.2, -0.15) is 0 Å². The fraction of sp³-hybridized carbons (Fsp3) is 0.333. The molecule has 2 aromatic rings. The van der Waals surface area contributed by atoms with Gasteiger partial charge in [0.25, 0.3) is 5.56 Å². The standard InChI is InChI=1S/C15H18N2O4/c1-9(2)8-21-11-5-3-10(4-6-11)7-12-13(18)16-15(20)17-14(12)19/h3-6,9H,7-8H2,1-2H3,(H3,16,17,18,19,20). The normalized spacial score (nSPS) is 10.8. The predicted octanol–water partition coefficient (Wildman–Crippen LogP) is 1.39. The van der Waals surface area contributed by atoms with E-state index < -0.39 is 17.1 Å². The van der Waals surface area contributed by atoms with Gasteiger partial charge in [0, 0.05) is 6.42 Å². The highest BCUT2D eigenvalue weighted by molar-refractivity contribution is 5.33. The van der Waals surface area contributed by atoms with Crippen LogP contribution in [0, 0.1) is 5.92 Å². The smallest absolute Gasteiger partial charge is 0.328 e. The maximum absolute atomic E-state index is 11.6. The van der Waals surface area contributed by atoms with Crippen molar-refractivity contribution >= 4 is 0 Å². The second-order valence-corrected chi connectivity index (χ2v) is 5.26. The molecular weight excluding hydrogens is 272 g/mol. The zero-order chi connectivity index (χ0) is 15.4. The molecule has 0 fully saturated rings. The van der Waals surface area contributed by atoms with E-state index >= 15 is 0 Å². The third kappa shape index (κ3) is 3.98. The molecule has 0 saturated carbocycles. The van der Waals surface area contributed by atoms with Crippen LogP contribution in [0.4, 0.5) is 0 Å². The highest BCUT2D eigenvalue weighted by Gasteiger charge is 2.09. The Morgan fingerprint density at radius 2 is 1.81 bits per heavy atom. The van der Waals surface area contributed by atoms with E-state index in [1.165, 1.54) is 0 Å². The summed E-state index contributed by atoms with van der Waals surface area (Å²) in [5.74, 6) is 0.803. The minimum absolute atomic E-state index is 0.130. The average Bonchev–Trinajstić information content (AvgIpc) is 2.41. The summed E-state index contributed by atoms with van der Waals surface area (Å²) in [5.41, 5.74) is -0.347. The van der Waals surface area contributed by atoms with Crippen LogP contribution in [0.25, 0.3) is 0 Å². The van der Waals surface area contributed by atoms with Gasteiger partial charge in [-0.15, -0.1) is 0 Å². The van der Waals surface area contributed by atoms with Gasteiger partial charge in [0.2, 0.25) is 5.88 Å². The molecule has 1 aromatic carbocycles. The van der Waals surface area contributed by atoms with Gasteiger partial charge in [-0.25, -0.2) is 4.79 Å². The third-order valence-electron chi connectivity index (χ3n) is 2.91. The molecule has 0 saturated heterocycles. The summed E-state index contributed by atoms with van der Waals surface area (Å²) in [6.45, 7) is 4.78. The second kappa shape index (κ2) is 6.30. The third-order valence-corrected chi connectivity index (χ3v) is 2.91. The number of benzene rings is 1. The lowest BCUT2D eigenvalue weighted by Crippen LogP contribution is -2.25. The molecule has 6 heteroatoms. The van der Waals surface area contributed by atoms with Crippen LogP contribution in [0.5, 0.6) is 11.6 Å². The predicted molar refractivity (Wildman–Crippen MR) is 78.9 cm³/mol. The first-order valence-corrected chi connectivity index (χ1v) is 6.72. The number of nitrogens with one attached hydrogen (secondary N) is 2. The number of aromatic hydroxyl groups is 1. The summed E-state index contributed by atoms with van der Waals surface area (Å²) in [5, 5.41) is 9.63. The Bertz CT molecular complexity index is 714. The van der Waals surface area contributed by atoms with Gasteiger partial charge in [-0.3, -0.25) is 14.8 Å². The summed E-state index contributed by atoms with van der Waals surface area (Å²) in [7, 11) is 0. The SMILES string of the molecule is CC(C)COc1ccc(Cc2c(O)[nH]c(=O)[nH]c2=O)cc1. The van der Waals surface area contributed by atoms with Gasteiger partial charge < -0.3 is 9.84 Å². The van der Waals surface area contributed by atoms with Gasteiger partial charge in [0.1, 0.15) is 5.75 Å². The van der Waals surface area contributed by atoms with Crippen molar-refractivity contribution in [3.8, 4) is 11.6 Å². The first kappa shape index (κ1) is 14.9. The number of rotatable bonds is 5. The molecule has 2 rings (SSSR count). The van der Waals surface area contributed by atoms with E-state index in [4.69, 9.17) is 4.74 Å². The number of hydrogen-bond donors (Lipinski definition) is 3. The molecule has 0 spiro atoms. The lowest BCUT2D eigenvalue weighted by Gasteiger charge is -2.09. The lowest BCUT2D eigenvalue weighted by atomic mass is 10.1. The van der Waals surface area contributed by atoms with Crippen LogP contribution in [0.3, 0.4) is 0 Å². The highest BCUT2D eigenvalue weighted by atomic mass is 16.5. The number of H-pyrrole nitrogens is 2. The zero-order valence-corrected chi connectivity index (χ0v) is 12.0. The molecule has 0 bridgehead atoms. The van der Waals surface area contributed by atoms with Crippen molar-refractivity contribution in [3.63, 3.8) is 0 Å². The Morgan fingerprint density at radius 1 is 1.14 bits per heavy atom. The van der Waals surface area contributed by atoms with E-state index in [-0.39, 0.29) is 12.0 Å². The molecule has 21 heavy (non-hydrogen) atoms. The maximum Gasteiger partial charge on any atom is 0.328 e. The first-order valence-electron chi connectivity index (χ1n) is 6.72. The van der Waals surface area contributed by atoms with E-state index in [0.717, 1.165) is 11.3 Å². The fourth-order valence-electron chi connectivity index (χ4n) is 1.83. The van der Waals surface area contributed by atoms with Crippen molar-refractivity contribution in [1.29, 1.82) is 0 Å². The quantitative estimate of drug-likeness (QED) is 0.775. The molecule has 0 aliphatic heterocycles. The largest absolute Gasteiger partial charge is 0.494 e. The maximum atomic E-state index is 11.6. The number of hydrogen-bond acceptors (Lipinski definition) is 4. The van der Waals surface area contributed by atoms with Crippen LogP contribution in [0.15, 0.2) is 33.9 Å². The number of aromatic amines is 2. The van der Waals surface area contributed by atoms with Crippen molar-refractivity contribution in [2.75, 3.05) is 6.61 Å². The summed E-state index contributed by atoms with van der Waals surface area (Å²) in [6.07, 6.45) is 0.225. The van der Waals surface area contributed by atoms with E-state index in [9.17, 15) is 14.7 Å². The molecule has 0 atom stereocenters. The van der Waals surface area contributed by atoms with Crippen LogP contribution in [-0.2, 0) is 6.42 Å². The molecule has 0 amide bonds. The molecule has 6 nitrogen and oxygen atoms in total. The monoisotopic (exact) mass is 290 g/mol. The molecule has 0 unspecified atom stereocenters. The molecule has 112 valence electrons. The number of aromatic nitrogens is 2. The van der Waals surface area contributed by atoms with Gasteiger partial charge in [0.05, 0.1) is 12.2 Å². The Hall–Kier alpha value is -2.50. The van der Waals surface area contributed by atoms with Gasteiger partial charge in [0.15, 0.2) is 0 Å². The second-order valence-electron chi connectivity index (χ2n) is 5.26.